The molecule has 0 atom stereocenters. The van der Waals surface area contributed by atoms with Gasteiger partial charge in [-0.2, -0.15) is 0 Å². The number of halogens is 1. The minimum Gasteiger partial charge on any atom is -0.321 e. The highest BCUT2D eigenvalue weighted by Crippen LogP contribution is 2.29. The summed E-state index contributed by atoms with van der Waals surface area (Å²) in [6.45, 7) is 0. The predicted molar refractivity (Wildman–Crippen MR) is 87.0 cm³/mol. The van der Waals surface area contributed by atoms with Crippen molar-refractivity contribution in [3.8, 4) is 10.4 Å². The van der Waals surface area contributed by atoms with Crippen LogP contribution in [0.25, 0.3) is 10.4 Å². The quantitative estimate of drug-likeness (QED) is 0.760. The molecule has 3 rings (SSSR count). The predicted octanol–water partition coefficient (Wildman–Crippen LogP) is 4.72. The average molecular weight is 315 g/mol. The molecule has 0 bridgehead atoms. The van der Waals surface area contributed by atoms with Gasteiger partial charge < -0.3 is 5.32 Å². The van der Waals surface area contributed by atoms with Gasteiger partial charge in [-0.15, -0.1) is 11.3 Å². The molecular weight excluding hydrogens is 304 g/mol. The zero-order valence-electron chi connectivity index (χ0n) is 10.9. The Morgan fingerprint density at radius 1 is 1.00 bits per heavy atom. The number of carbonyl (C=O) groups excluding carboxylic acids is 1. The standard InChI is InChI=1S/C16H11ClN2OS/c17-12-3-1-11(2-4-12)14-5-6-15(21-14)16(20)19-13-7-9-18-10-8-13/h1-10H,(H,18,19,20). The van der Waals surface area contributed by atoms with Crippen LogP contribution >= 0.6 is 22.9 Å². The highest BCUT2D eigenvalue weighted by atomic mass is 35.5. The second kappa shape index (κ2) is 6.08. The summed E-state index contributed by atoms with van der Waals surface area (Å²) in [6, 6.07) is 14.8. The number of nitrogens with zero attached hydrogens (tertiary/aromatic N) is 1. The third-order valence-electron chi connectivity index (χ3n) is 2.90. The lowest BCUT2D eigenvalue weighted by molar-refractivity contribution is 0.103. The van der Waals surface area contributed by atoms with Gasteiger partial charge in [0.25, 0.3) is 5.91 Å². The highest BCUT2D eigenvalue weighted by Gasteiger charge is 2.10. The van der Waals surface area contributed by atoms with Crippen LogP contribution < -0.4 is 5.32 Å². The van der Waals surface area contributed by atoms with Crippen LogP contribution in [0.1, 0.15) is 9.67 Å². The van der Waals surface area contributed by atoms with Crippen molar-refractivity contribution in [2.45, 2.75) is 0 Å². The van der Waals surface area contributed by atoms with Gasteiger partial charge in [0.05, 0.1) is 4.88 Å². The van der Waals surface area contributed by atoms with Crippen LogP contribution in [0.3, 0.4) is 0 Å². The maximum Gasteiger partial charge on any atom is 0.265 e. The number of thiophene rings is 1. The van der Waals surface area contributed by atoms with E-state index in [0.717, 1.165) is 16.1 Å². The molecule has 0 fully saturated rings. The van der Waals surface area contributed by atoms with Gasteiger partial charge in [-0.1, -0.05) is 23.7 Å². The van der Waals surface area contributed by atoms with Crippen molar-refractivity contribution in [2.24, 2.45) is 0 Å². The van der Waals surface area contributed by atoms with E-state index in [2.05, 4.69) is 10.3 Å². The molecule has 1 amide bonds. The summed E-state index contributed by atoms with van der Waals surface area (Å²) < 4.78 is 0. The molecule has 0 radical (unpaired) electrons. The van der Waals surface area contributed by atoms with E-state index in [1.165, 1.54) is 11.3 Å². The van der Waals surface area contributed by atoms with E-state index in [1.807, 2.05) is 36.4 Å². The molecule has 5 heteroatoms. The molecule has 1 N–H and O–H groups in total. The fourth-order valence-electron chi connectivity index (χ4n) is 1.86. The minimum atomic E-state index is -0.119. The lowest BCUT2D eigenvalue weighted by Gasteiger charge is -2.02. The summed E-state index contributed by atoms with van der Waals surface area (Å²) in [6.07, 6.45) is 3.28. The van der Waals surface area contributed by atoms with Gasteiger partial charge in [0, 0.05) is 28.0 Å². The van der Waals surface area contributed by atoms with Crippen LogP contribution in [0.4, 0.5) is 5.69 Å². The molecule has 0 aliphatic heterocycles. The number of carbonyl (C=O) groups is 1. The summed E-state index contributed by atoms with van der Waals surface area (Å²) in [5.41, 5.74) is 1.78. The van der Waals surface area contributed by atoms with Gasteiger partial charge in [-0.3, -0.25) is 9.78 Å². The van der Waals surface area contributed by atoms with Gasteiger partial charge >= 0.3 is 0 Å². The SMILES string of the molecule is O=C(Nc1ccncc1)c1ccc(-c2ccc(Cl)cc2)s1. The second-order valence-electron chi connectivity index (χ2n) is 4.36. The first-order valence-corrected chi connectivity index (χ1v) is 7.49. The van der Waals surface area contributed by atoms with Gasteiger partial charge in [0.15, 0.2) is 0 Å². The molecule has 3 aromatic rings. The Balaban J connectivity index is 1.78. The number of aromatic nitrogens is 1. The smallest absolute Gasteiger partial charge is 0.265 e. The fraction of sp³-hybridized carbons (Fsp3) is 0. The number of hydrogen-bond acceptors (Lipinski definition) is 3. The van der Waals surface area contributed by atoms with E-state index in [4.69, 9.17) is 11.6 Å². The molecule has 1 aromatic carbocycles. The zero-order valence-corrected chi connectivity index (χ0v) is 12.5. The van der Waals surface area contributed by atoms with Crippen molar-refractivity contribution in [1.82, 2.24) is 4.98 Å². The van der Waals surface area contributed by atoms with Gasteiger partial charge in [0.2, 0.25) is 0 Å². The Kier molecular flexibility index (Phi) is 3.99. The molecule has 2 heterocycles. The van der Waals surface area contributed by atoms with E-state index in [9.17, 15) is 4.79 Å². The normalized spacial score (nSPS) is 10.3. The summed E-state index contributed by atoms with van der Waals surface area (Å²) >= 11 is 7.33. The summed E-state index contributed by atoms with van der Waals surface area (Å²) in [5.74, 6) is -0.119. The Morgan fingerprint density at radius 3 is 2.43 bits per heavy atom. The van der Waals surface area contributed by atoms with Crippen LogP contribution in [0.15, 0.2) is 60.9 Å². The lowest BCUT2D eigenvalue weighted by Crippen LogP contribution is -2.09. The zero-order chi connectivity index (χ0) is 14.7. The van der Waals surface area contributed by atoms with Crippen LogP contribution in [0.5, 0.6) is 0 Å². The molecule has 0 aliphatic rings. The van der Waals surface area contributed by atoms with Crippen LogP contribution in [0, 0.1) is 0 Å². The third kappa shape index (κ3) is 3.29. The number of nitrogens with one attached hydrogen (secondary N) is 1. The number of pyridine rings is 1. The molecule has 21 heavy (non-hydrogen) atoms. The fourth-order valence-corrected chi connectivity index (χ4v) is 2.89. The Labute approximate surface area is 131 Å². The molecule has 0 aliphatic carbocycles. The number of rotatable bonds is 3. The van der Waals surface area contributed by atoms with Crippen LogP contribution in [-0.4, -0.2) is 10.9 Å². The van der Waals surface area contributed by atoms with E-state index >= 15 is 0 Å². The van der Waals surface area contributed by atoms with Crippen molar-refractivity contribution in [3.05, 3.63) is 70.8 Å². The Hall–Kier alpha value is -2.17. The van der Waals surface area contributed by atoms with Crippen molar-refractivity contribution < 1.29 is 4.79 Å². The first-order chi connectivity index (χ1) is 10.2. The van der Waals surface area contributed by atoms with Gasteiger partial charge in [-0.25, -0.2) is 0 Å². The molecule has 0 saturated heterocycles. The monoisotopic (exact) mass is 314 g/mol. The molecule has 0 spiro atoms. The van der Waals surface area contributed by atoms with Gasteiger partial charge in [-0.05, 0) is 42.0 Å². The summed E-state index contributed by atoms with van der Waals surface area (Å²) in [5, 5.41) is 3.54. The van der Waals surface area contributed by atoms with E-state index < -0.39 is 0 Å². The van der Waals surface area contributed by atoms with E-state index in [1.54, 1.807) is 24.5 Å². The number of anilines is 1. The first-order valence-electron chi connectivity index (χ1n) is 6.29. The number of hydrogen-bond donors (Lipinski definition) is 1. The summed E-state index contributed by atoms with van der Waals surface area (Å²) in [4.78, 5) is 17.8. The lowest BCUT2D eigenvalue weighted by atomic mass is 10.2. The largest absolute Gasteiger partial charge is 0.321 e. The molecule has 2 aromatic heterocycles. The third-order valence-corrected chi connectivity index (χ3v) is 4.28. The van der Waals surface area contributed by atoms with Crippen molar-refractivity contribution >= 4 is 34.5 Å². The molecule has 0 saturated carbocycles. The topological polar surface area (TPSA) is 42.0 Å². The van der Waals surface area contributed by atoms with Gasteiger partial charge in [0.1, 0.15) is 0 Å². The molecule has 104 valence electrons. The Bertz CT molecular complexity index is 753. The van der Waals surface area contributed by atoms with E-state index in [-0.39, 0.29) is 5.91 Å². The minimum absolute atomic E-state index is 0.119. The maximum atomic E-state index is 12.2. The molecule has 0 unspecified atom stereocenters. The second-order valence-corrected chi connectivity index (χ2v) is 5.88. The highest BCUT2D eigenvalue weighted by molar-refractivity contribution is 7.17. The van der Waals surface area contributed by atoms with Crippen molar-refractivity contribution in [2.75, 3.05) is 5.32 Å². The van der Waals surface area contributed by atoms with Crippen LogP contribution in [0.2, 0.25) is 5.02 Å². The summed E-state index contributed by atoms with van der Waals surface area (Å²) in [7, 11) is 0. The maximum absolute atomic E-state index is 12.2. The first kappa shape index (κ1) is 13.8. The number of benzene rings is 1. The van der Waals surface area contributed by atoms with E-state index in [0.29, 0.717) is 9.90 Å². The molecule has 3 nitrogen and oxygen atoms in total. The van der Waals surface area contributed by atoms with Crippen LogP contribution in [-0.2, 0) is 0 Å². The molecular formula is C16H11ClN2OS. The average Bonchev–Trinajstić information content (AvgIpc) is 2.99. The number of amides is 1. The van der Waals surface area contributed by atoms with Crippen molar-refractivity contribution in [1.29, 1.82) is 0 Å². The Morgan fingerprint density at radius 2 is 1.71 bits per heavy atom. The van der Waals surface area contributed by atoms with Crippen molar-refractivity contribution in [3.63, 3.8) is 0 Å².